The zero-order valence-electron chi connectivity index (χ0n) is 12.5. The van der Waals surface area contributed by atoms with Crippen LogP contribution in [0.5, 0.6) is 0 Å². The molecule has 21 heavy (non-hydrogen) atoms. The number of rotatable bonds is 3. The first kappa shape index (κ1) is 13.8. The number of hydrogen-bond acceptors (Lipinski definition) is 2. The minimum absolute atomic E-state index is 0.143. The van der Waals surface area contributed by atoms with Crippen molar-refractivity contribution in [2.75, 3.05) is 5.32 Å². The van der Waals surface area contributed by atoms with Gasteiger partial charge in [0.2, 0.25) is 5.91 Å². The van der Waals surface area contributed by atoms with Gasteiger partial charge >= 0.3 is 0 Å². The Kier molecular flexibility index (Phi) is 3.74. The van der Waals surface area contributed by atoms with Crippen LogP contribution in [-0.2, 0) is 4.79 Å². The van der Waals surface area contributed by atoms with Gasteiger partial charge < -0.3 is 5.32 Å². The van der Waals surface area contributed by atoms with Crippen molar-refractivity contribution >= 4 is 11.6 Å². The number of nitrogens with zero attached hydrogens (tertiary/aromatic N) is 1. The average Bonchev–Trinajstić information content (AvgIpc) is 2.48. The maximum Gasteiger partial charge on any atom is 0.227 e. The van der Waals surface area contributed by atoms with Crippen molar-refractivity contribution in [1.82, 2.24) is 4.98 Å². The second-order valence-electron chi connectivity index (χ2n) is 5.90. The zero-order chi connectivity index (χ0) is 14.8. The first-order chi connectivity index (χ1) is 10.1. The van der Waals surface area contributed by atoms with Crippen LogP contribution in [0.15, 0.2) is 42.6 Å². The lowest BCUT2D eigenvalue weighted by atomic mass is 9.74. The highest BCUT2D eigenvalue weighted by molar-refractivity contribution is 5.94. The third-order valence-corrected chi connectivity index (χ3v) is 4.40. The number of hydrogen-bond donors (Lipinski definition) is 1. The van der Waals surface area contributed by atoms with E-state index in [4.69, 9.17) is 0 Å². The second kappa shape index (κ2) is 5.68. The number of aromatic nitrogens is 1. The smallest absolute Gasteiger partial charge is 0.227 e. The lowest BCUT2D eigenvalue weighted by molar-refractivity contribution is -0.124. The molecule has 1 aliphatic rings. The Morgan fingerprint density at radius 1 is 1.24 bits per heavy atom. The van der Waals surface area contributed by atoms with Gasteiger partial charge in [-0.15, -0.1) is 0 Å². The van der Waals surface area contributed by atoms with Gasteiger partial charge in [-0.3, -0.25) is 9.78 Å². The van der Waals surface area contributed by atoms with E-state index in [1.807, 2.05) is 36.4 Å². The van der Waals surface area contributed by atoms with E-state index in [0.29, 0.717) is 5.92 Å². The van der Waals surface area contributed by atoms with Gasteiger partial charge in [0.25, 0.3) is 0 Å². The molecule has 1 aromatic carbocycles. The van der Waals surface area contributed by atoms with Crippen molar-refractivity contribution in [2.45, 2.75) is 26.7 Å². The summed E-state index contributed by atoms with van der Waals surface area (Å²) in [6.45, 7) is 4.20. The predicted molar refractivity (Wildman–Crippen MR) is 84.9 cm³/mol. The van der Waals surface area contributed by atoms with Gasteiger partial charge in [0, 0.05) is 23.4 Å². The van der Waals surface area contributed by atoms with Gasteiger partial charge in [-0.05, 0) is 55.5 Å². The number of pyridine rings is 1. The molecule has 3 heteroatoms. The summed E-state index contributed by atoms with van der Waals surface area (Å²) in [5, 5.41) is 3.04. The first-order valence-corrected chi connectivity index (χ1v) is 7.48. The molecule has 3 nitrogen and oxygen atoms in total. The molecule has 2 aromatic rings. The molecule has 1 unspecified atom stereocenters. The summed E-state index contributed by atoms with van der Waals surface area (Å²) in [5.41, 5.74) is 4.01. The topological polar surface area (TPSA) is 42.0 Å². The van der Waals surface area contributed by atoms with E-state index < -0.39 is 0 Å². The molecule has 1 fully saturated rings. The van der Waals surface area contributed by atoms with Crippen molar-refractivity contribution in [1.29, 1.82) is 0 Å². The Balaban J connectivity index is 1.83. The Labute approximate surface area is 125 Å². The van der Waals surface area contributed by atoms with E-state index in [2.05, 4.69) is 24.1 Å². The van der Waals surface area contributed by atoms with Crippen molar-refractivity contribution in [2.24, 2.45) is 11.8 Å². The number of nitrogens with one attached hydrogen (secondary N) is 1. The predicted octanol–water partition coefficient (Wildman–Crippen LogP) is 4.04. The molecule has 1 amide bonds. The lowest BCUT2D eigenvalue weighted by Gasteiger charge is -2.32. The van der Waals surface area contributed by atoms with Crippen molar-refractivity contribution in [3.8, 4) is 11.3 Å². The quantitative estimate of drug-likeness (QED) is 0.922. The summed E-state index contributed by atoms with van der Waals surface area (Å²) in [6, 6.07) is 11.9. The zero-order valence-corrected chi connectivity index (χ0v) is 12.5. The standard InChI is InChI=1S/C18H20N2O/c1-12-7-9-15(12)18(21)20-14-8-6-13(2)16(11-14)17-5-3-4-10-19-17/h3-6,8,10-12,15H,7,9H2,1-2H3,(H,20,21)/t12-,15?/m1/s1. The maximum atomic E-state index is 12.2. The largest absolute Gasteiger partial charge is 0.326 e. The monoisotopic (exact) mass is 280 g/mol. The van der Waals surface area contributed by atoms with E-state index in [0.717, 1.165) is 35.3 Å². The molecular formula is C18H20N2O. The van der Waals surface area contributed by atoms with Gasteiger partial charge in [-0.2, -0.15) is 0 Å². The fourth-order valence-corrected chi connectivity index (χ4v) is 2.79. The SMILES string of the molecule is Cc1ccc(NC(=O)C2CC[C@H]2C)cc1-c1ccccn1. The Morgan fingerprint density at radius 2 is 2.10 bits per heavy atom. The minimum atomic E-state index is 0.143. The number of benzene rings is 1. The first-order valence-electron chi connectivity index (χ1n) is 7.48. The van der Waals surface area contributed by atoms with Crippen molar-refractivity contribution in [3.63, 3.8) is 0 Å². The van der Waals surface area contributed by atoms with Crippen molar-refractivity contribution < 1.29 is 4.79 Å². The molecule has 1 aromatic heterocycles. The van der Waals surface area contributed by atoms with Crippen LogP contribution in [0.1, 0.15) is 25.3 Å². The third kappa shape index (κ3) is 2.82. The van der Waals surface area contributed by atoms with Crippen LogP contribution in [0.4, 0.5) is 5.69 Å². The van der Waals surface area contributed by atoms with Gasteiger partial charge in [-0.25, -0.2) is 0 Å². The fourth-order valence-electron chi connectivity index (χ4n) is 2.79. The summed E-state index contributed by atoms with van der Waals surface area (Å²) < 4.78 is 0. The van der Waals surface area contributed by atoms with E-state index in [-0.39, 0.29) is 11.8 Å². The van der Waals surface area contributed by atoms with Crippen LogP contribution in [-0.4, -0.2) is 10.9 Å². The van der Waals surface area contributed by atoms with E-state index in [1.54, 1.807) is 6.20 Å². The summed E-state index contributed by atoms with van der Waals surface area (Å²) in [4.78, 5) is 16.6. The van der Waals surface area contributed by atoms with Gasteiger partial charge in [-0.1, -0.05) is 19.1 Å². The highest BCUT2D eigenvalue weighted by Gasteiger charge is 2.32. The molecule has 0 saturated heterocycles. The molecule has 0 bridgehead atoms. The van der Waals surface area contributed by atoms with Gasteiger partial charge in [0.05, 0.1) is 5.69 Å². The highest BCUT2D eigenvalue weighted by Crippen LogP contribution is 2.34. The van der Waals surface area contributed by atoms with Crippen LogP contribution in [0.3, 0.4) is 0 Å². The summed E-state index contributed by atoms with van der Waals surface area (Å²) in [6.07, 6.45) is 3.95. The summed E-state index contributed by atoms with van der Waals surface area (Å²) >= 11 is 0. The number of carbonyl (C=O) groups excluding carboxylic acids is 1. The third-order valence-electron chi connectivity index (χ3n) is 4.40. The minimum Gasteiger partial charge on any atom is -0.326 e. The normalized spacial score (nSPS) is 20.7. The Bertz CT molecular complexity index is 652. The Hall–Kier alpha value is -2.16. The molecule has 2 atom stereocenters. The summed E-state index contributed by atoms with van der Waals surface area (Å²) in [5.74, 6) is 0.819. The van der Waals surface area contributed by atoms with E-state index in [9.17, 15) is 4.79 Å². The van der Waals surface area contributed by atoms with Crippen LogP contribution < -0.4 is 5.32 Å². The molecule has 0 aliphatic heterocycles. The number of anilines is 1. The van der Waals surface area contributed by atoms with Crippen LogP contribution in [0, 0.1) is 18.8 Å². The van der Waals surface area contributed by atoms with Gasteiger partial charge in [0.1, 0.15) is 0 Å². The van der Waals surface area contributed by atoms with E-state index in [1.165, 1.54) is 0 Å². The highest BCUT2D eigenvalue weighted by atomic mass is 16.1. The van der Waals surface area contributed by atoms with Crippen LogP contribution >= 0.6 is 0 Å². The van der Waals surface area contributed by atoms with Crippen molar-refractivity contribution in [3.05, 3.63) is 48.2 Å². The average molecular weight is 280 g/mol. The molecule has 1 N–H and O–H groups in total. The second-order valence-corrected chi connectivity index (χ2v) is 5.90. The number of amides is 1. The lowest BCUT2D eigenvalue weighted by Crippen LogP contribution is -2.35. The summed E-state index contributed by atoms with van der Waals surface area (Å²) in [7, 11) is 0. The molecule has 108 valence electrons. The molecule has 0 spiro atoms. The Morgan fingerprint density at radius 3 is 2.71 bits per heavy atom. The fraction of sp³-hybridized carbons (Fsp3) is 0.333. The molecule has 1 aliphatic carbocycles. The number of aryl methyl sites for hydroxylation is 1. The molecule has 0 radical (unpaired) electrons. The molecular weight excluding hydrogens is 260 g/mol. The van der Waals surface area contributed by atoms with Crippen LogP contribution in [0.25, 0.3) is 11.3 Å². The molecule has 1 saturated carbocycles. The molecule has 1 heterocycles. The number of carbonyl (C=O) groups is 1. The van der Waals surface area contributed by atoms with E-state index >= 15 is 0 Å². The van der Waals surface area contributed by atoms with Crippen LogP contribution in [0.2, 0.25) is 0 Å². The molecule has 3 rings (SSSR count). The van der Waals surface area contributed by atoms with Gasteiger partial charge in [0.15, 0.2) is 0 Å². The maximum absolute atomic E-state index is 12.2.